The normalized spacial score (nSPS) is 51.6. The van der Waals surface area contributed by atoms with Crippen molar-refractivity contribution < 1.29 is 9.63 Å². The van der Waals surface area contributed by atoms with E-state index in [0.717, 1.165) is 0 Å². The van der Waals surface area contributed by atoms with Crippen molar-refractivity contribution >= 4 is 5.91 Å². The predicted molar refractivity (Wildman–Crippen MR) is 34.9 cm³/mol. The highest BCUT2D eigenvalue weighted by Crippen LogP contribution is 2.56. The molecule has 1 saturated heterocycles. The molecule has 2 rings (SSSR count). The largest absolute Gasteiger partial charge is 0.273 e. The minimum absolute atomic E-state index is 0.0243. The molecule has 0 aromatic heterocycles. The monoisotopic (exact) mass is 141 g/mol. The van der Waals surface area contributed by atoms with Crippen molar-refractivity contribution in [3.05, 3.63) is 0 Å². The predicted octanol–water partition coefficient (Wildman–Crippen LogP) is 0.462. The number of nitrogens with one attached hydrogen (secondary N) is 1. The minimum Gasteiger partial charge on any atom is -0.273 e. The molecule has 1 spiro atoms. The Balaban J connectivity index is 2.15. The Morgan fingerprint density at radius 3 is 2.40 bits per heavy atom. The van der Waals surface area contributed by atoms with Crippen LogP contribution in [0, 0.1) is 11.8 Å². The van der Waals surface area contributed by atoms with Gasteiger partial charge in [0.25, 0.3) is 0 Å². The molecule has 56 valence electrons. The first kappa shape index (κ1) is 6.16. The standard InChI is InChI=1S/C7H11NO2/c1-4-5(2)7(4)3-6(9)8-10-7/h4-5H,3H2,1-2H3,(H,8,9). The van der Waals surface area contributed by atoms with E-state index in [1.165, 1.54) is 0 Å². The summed E-state index contributed by atoms with van der Waals surface area (Å²) in [5.41, 5.74) is 2.27. The summed E-state index contributed by atoms with van der Waals surface area (Å²) in [7, 11) is 0. The first-order valence-electron chi connectivity index (χ1n) is 3.63. The van der Waals surface area contributed by atoms with Crippen LogP contribution >= 0.6 is 0 Å². The van der Waals surface area contributed by atoms with Crippen LogP contribution in [0.3, 0.4) is 0 Å². The zero-order valence-electron chi connectivity index (χ0n) is 6.18. The first-order chi connectivity index (χ1) is 4.67. The minimum atomic E-state index is -0.128. The van der Waals surface area contributed by atoms with Crippen molar-refractivity contribution in [2.75, 3.05) is 0 Å². The van der Waals surface area contributed by atoms with Crippen LogP contribution in [-0.2, 0) is 9.63 Å². The van der Waals surface area contributed by atoms with Crippen molar-refractivity contribution in [2.24, 2.45) is 11.8 Å². The Morgan fingerprint density at radius 1 is 1.60 bits per heavy atom. The van der Waals surface area contributed by atoms with Gasteiger partial charge >= 0.3 is 0 Å². The molecule has 2 atom stereocenters. The number of amides is 1. The third kappa shape index (κ3) is 0.515. The fourth-order valence-electron chi connectivity index (χ4n) is 1.81. The molecule has 0 aromatic rings. The number of hydrogen-bond acceptors (Lipinski definition) is 2. The molecule has 2 fully saturated rings. The van der Waals surface area contributed by atoms with Crippen LogP contribution in [0.1, 0.15) is 20.3 Å². The maximum atomic E-state index is 10.8. The lowest BCUT2D eigenvalue weighted by atomic mass is 10.2. The zero-order valence-corrected chi connectivity index (χ0v) is 6.18. The number of hydroxylamine groups is 1. The Bertz CT molecular complexity index is 182. The molecule has 1 saturated carbocycles. The lowest BCUT2D eigenvalue weighted by molar-refractivity contribution is -0.124. The average Bonchev–Trinajstić information content (AvgIpc) is 2.37. The molecule has 1 aliphatic heterocycles. The summed E-state index contributed by atoms with van der Waals surface area (Å²) in [6.07, 6.45) is 0.551. The zero-order chi connectivity index (χ0) is 7.35. The van der Waals surface area contributed by atoms with Crippen LogP contribution in [0.5, 0.6) is 0 Å². The lowest BCUT2D eigenvalue weighted by Gasteiger charge is -2.01. The van der Waals surface area contributed by atoms with Crippen molar-refractivity contribution in [3.8, 4) is 0 Å². The van der Waals surface area contributed by atoms with E-state index in [-0.39, 0.29) is 11.5 Å². The highest BCUT2D eigenvalue weighted by atomic mass is 16.7. The second-order valence-electron chi connectivity index (χ2n) is 3.34. The van der Waals surface area contributed by atoms with Gasteiger partial charge in [-0.05, 0) is 11.8 Å². The second kappa shape index (κ2) is 1.53. The summed E-state index contributed by atoms with van der Waals surface area (Å²) in [6.45, 7) is 4.23. The van der Waals surface area contributed by atoms with Crippen molar-refractivity contribution in [2.45, 2.75) is 25.9 Å². The van der Waals surface area contributed by atoms with Crippen LogP contribution in [0.15, 0.2) is 0 Å². The van der Waals surface area contributed by atoms with E-state index >= 15 is 0 Å². The first-order valence-corrected chi connectivity index (χ1v) is 3.63. The molecule has 3 nitrogen and oxygen atoms in total. The second-order valence-corrected chi connectivity index (χ2v) is 3.34. The fourth-order valence-corrected chi connectivity index (χ4v) is 1.81. The van der Waals surface area contributed by atoms with Gasteiger partial charge in [-0.25, -0.2) is 5.48 Å². The van der Waals surface area contributed by atoms with E-state index in [2.05, 4.69) is 19.3 Å². The van der Waals surface area contributed by atoms with E-state index in [0.29, 0.717) is 18.3 Å². The van der Waals surface area contributed by atoms with Crippen LogP contribution in [0.2, 0.25) is 0 Å². The molecule has 0 bridgehead atoms. The van der Waals surface area contributed by atoms with E-state index < -0.39 is 0 Å². The topological polar surface area (TPSA) is 38.3 Å². The molecule has 1 heterocycles. The number of carbonyl (C=O) groups excluding carboxylic acids is 1. The number of rotatable bonds is 0. The third-order valence-corrected chi connectivity index (χ3v) is 2.97. The summed E-state index contributed by atoms with van der Waals surface area (Å²) in [5.74, 6) is 1.09. The van der Waals surface area contributed by atoms with Gasteiger partial charge in [-0.2, -0.15) is 0 Å². The van der Waals surface area contributed by atoms with Crippen molar-refractivity contribution in [1.29, 1.82) is 0 Å². The van der Waals surface area contributed by atoms with E-state index in [4.69, 9.17) is 4.84 Å². The summed E-state index contributed by atoms with van der Waals surface area (Å²) in [5, 5.41) is 0. The van der Waals surface area contributed by atoms with Gasteiger partial charge in [0, 0.05) is 0 Å². The van der Waals surface area contributed by atoms with E-state index in [1.54, 1.807) is 0 Å². The molecule has 0 aromatic carbocycles. The van der Waals surface area contributed by atoms with Crippen LogP contribution in [0.25, 0.3) is 0 Å². The van der Waals surface area contributed by atoms with Crippen molar-refractivity contribution in [3.63, 3.8) is 0 Å². The molecule has 1 amide bonds. The molecular formula is C7H11NO2. The molecule has 10 heavy (non-hydrogen) atoms. The quantitative estimate of drug-likeness (QED) is 0.532. The van der Waals surface area contributed by atoms with Gasteiger partial charge in [-0.15, -0.1) is 0 Å². The van der Waals surface area contributed by atoms with Gasteiger partial charge in [0.05, 0.1) is 6.42 Å². The molecular weight excluding hydrogens is 130 g/mol. The van der Waals surface area contributed by atoms with Gasteiger partial charge < -0.3 is 0 Å². The van der Waals surface area contributed by atoms with Gasteiger partial charge in [-0.1, -0.05) is 13.8 Å². The van der Waals surface area contributed by atoms with Gasteiger partial charge in [0.1, 0.15) is 5.60 Å². The third-order valence-electron chi connectivity index (χ3n) is 2.97. The SMILES string of the molecule is CC1C(C)C12CC(=O)NO2. The fraction of sp³-hybridized carbons (Fsp3) is 0.857. The Labute approximate surface area is 59.7 Å². The van der Waals surface area contributed by atoms with E-state index in [9.17, 15) is 4.79 Å². The summed E-state index contributed by atoms with van der Waals surface area (Å²) < 4.78 is 0. The van der Waals surface area contributed by atoms with Gasteiger partial charge in [-0.3, -0.25) is 9.63 Å². The van der Waals surface area contributed by atoms with Crippen molar-refractivity contribution in [1.82, 2.24) is 5.48 Å². The van der Waals surface area contributed by atoms with Crippen LogP contribution in [-0.4, -0.2) is 11.5 Å². The molecule has 1 aliphatic carbocycles. The molecule has 0 radical (unpaired) electrons. The Morgan fingerprint density at radius 2 is 2.20 bits per heavy atom. The molecule has 1 N–H and O–H groups in total. The maximum Gasteiger partial charge on any atom is 0.246 e. The summed E-state index contributed by atoms with van der Waals surface area (Å²) in [6, 6.07) is 0. The van der Waals surface area contributed by atoms with Crippen LogP contribution < -0.4 is 5.48 Å². The smallest absolute Gasteiger partial charge is 0.246 e. The van der Waals surface area contributed by atoms with E-state index in [1.807, 2.05) is 0 Å². The maximum absolute atomic E-state index is 10.8. The number of carbonyl (C=O) groups is 1. The highest BCUT2D eigenvalue weighted by molar-refractivity contribution is 5.78. The Hall–Kier alpha value is -0.570. The lowest BCUT2D eigenvalue weighted by Crippen LogP contribution is -2.14. The summed E-state index contributed by atoms with van der Waals surface area (Å²) in [4.78, 5) is 15.9. The van der Waals surface area contributed by atoms with Crippen LogP contribution in [0.4, 0.5) is 0 Å². The van der Waals surface area contributed by atoms with Gasteiger partial charge in [0.2, 0.25) is 5.91 Å². The number of hydrogen-bond donors (Lipinski definition) is 1. The molecule has 2 aliphatic rings. The molecule has 3 heteroatoms. The highest BCUT2D eigenvalue weighted by Gasteiger charge is 2.65. The average molecular weight is 141 g/mol. The van der Waals surface area contributed by atoms with Gasteiger partial charge in [0.15, 0.2) is 0 Å². The Kier molecular flexibility index (Phi) is 0.944. The molecule has 2 unspecified atom stereocenters. The summed E-state index contributed by atoms with van der Waals surface area (Å²) >= 11 is 0.